The van der Waals surface area contributed by atoms with E-state index in [0.717, 1.165) is 11.1 Å². The summed E-state index contributed by atoms with van der Waals surface area (Å²) in [4.78, 5) is 0. The van der Waals surface area contributed by atoms with Gasteiger partial charge in [0.25, 0.3) is 0 Å². The average Bonchev–Trinajstić information content (AvgIpc) is 1.98. The summed E-state index contributed by atoms with van der Waals surface area (Å²) < 4.78 is 6.60. The Balaban J connectivity index is 3.12. The molecule has 1 aliphatic heterocycles. The third kappa shape index (κ3) is 2.18. The van der Waals surface area contributed by atoms with Gasteiger partial charge in [-0.05, 0) is 33.4 Å². The molecule has 0 saturated carbocycles. The van der Waals surface area contributed by atoms with E-state index in [-0.39, 0.29) is 5.60 Å². The van der Waals surface area contributed by atoms with Gasteiger partial charge >= 0.3 is 0 Å². The minimum absolute atomic E-state index is 0.135. The van der Waals surface area contributed by atoms with Crippen molar-refractivity contribution in [2.24, 2.45) is 0 Å². The topological polar surface area (TPSA) is 9.23 Å². The van der Waals surface area contributed by atoms with Gasteiger partial charge in [-0.25, -0.2) is 0 Å². The van der Waals surface area contributed by atoms with Crippen LogP contribution in [-0.2, 0) is 4.43 Å². The third-order valence-electron chi connectivity index (χ3n) is 4.85. The van der Waals surface area contributed by atoms with Gasteiger partial charge in [0.1, 0.15) is 0 Å². The molecule has 0 aromatic heterocycles. The van der Waals surface area contributed by atoms with E-state index in [0.29, 0.717) is 0 Å². The minimum Gasteiger partial charge on any atom is -0.415 e. The van der Waals surface area contributed by atoms with Crippen molar-refractivity contribution < 1.29 is 4.43 Å². The van der Waals surface area contributed by atoms with E-state index in [1.807, 2.05) is 0 Å². The molecule has 0 aromatic carbocycles. The molecule has 96 valence electrons. The molecule has 0 aromatic rings. The molecular weight excluding hydrogens is 228 g/mol. The Labute approximate surface area is 104 Å². The Kier molecular flexibility index (Phi) is 3.84. The lowest BCUT2D eigenvalue weighted by Gasteiger charge is -2.56. The highest BCUT2D eigenvalue weighted by Crippen LogP contribution is 2.49. The molecule has 1 aliphatic rings. The monoisotopic (exact) mass is 258 g/mol. The van der Waals surface area contributed by atoms with Gasteiger partial charge in [-0.15, -0.1) is 0 Å². The highest BCUT2D eigenvalue weighted by molar-refractivity contribution is 7.40. The molecule has 0 unspecified atom stereocenters. The molecular formula is C13H30OSi2. The summed E-state index contributed by atoms with van der Waals surface area (Å²) in [6.45, 7) is 19.3. The Bertz CT molecular complexity index is 249. The number of hydrogen-bond acceptors (Lipinski definition) is 1. The maximum atomic E-state index is 6.60. The molecule has 0 spiro atoms. The molecule has 0 atom stereocenters. The molecule has 1 nitrogen and oxygen atoms in total. The lowest BCUT2D eigenvalue weighted by Crippen LogP contribution is -2.70. The molecule has 1 rings (SSSR count). The van der Waals surface area contributed by atoms with Crippen LogP contribution in [0.4, 0.5) is 0 Å². The first-order valence-electron chi connectivity index (χ1n) is 6.75. The highest BCUT2D eigenvalue weighted by atomic mass is 29.3. The zero-order valence-electron chi connectivity index (χ0n) is 12.5. The van der Waals surface area contributed by atoms with Crippen LogP contribution < -0.4 is 0 Å². The van der Waals surface area contributed by atoms with Crippen LogP contribution in [0.5, 0.6) is 0 Å². The Morgan fingerprint density at radius 1 is 1.00 bits per heavy atom. The largest absolute Gasteiger partial charge is 0.415 e. The van der Waals surface area contributed by atoms with Crippen LogP contribution in [0.3, 0.4) is 0 Å². The van der Waals surface area contributed by atoms with Gasteiger partial charge in [-0.1, -0.05) is 44.8 Å². The van der Waals surface area contributed by atoms with Crippen LogP contribution in [0.2, 0.25) is 30.2 Å². The average molecular weight is 259 g/mol. The van der Waals surface area contributed by atoms with Crippen molar-refractivity contribution in [3.63, 3.8) is 0 Å². The molecule has 0 radical (unpaired) electrons. The van der Waals surface area contributed by atoms with Crippen LogP contribution in [0.15, 0.2) is 0 Å². The zero-order valence-corrected chi connectivity index (χ0v) is 14.5. The number of rotatable bonds is 2. The lowest BCUT2D eigenvalue weighted by atomic mass is 10.1. The normalized spacial score (nSPS) is 27.4. The van der Waals surface area contributed by atoms with Crippen molar-refractivity contribution in [1.82, 2.24) is 0 Å². The van der Waals surface area contributed by atoms with Crippen LogP contribution in [0.1, 0.15) is 48.0 Å². The van der Waals surface area contributed by atoms with Gasteiger partial charge in [-0.3, -0.25) is 0 Å². The van der Waals surface area contributed by atoms with Gasteiger partial charge in [0.15, 0.2) is 7.83 Å². The summed E-state index contributed by atoms with van der Waals surface area (Å²) in [7, 11) is -2.73. The second-order valence-electron chi connectivity index (χ2n) is 7.22. The van der Waals surface area contributed by atoms with Crippen LogP contribution in [0, 0.1) is 0 Å². The predicted molar refractivity (Wildman–Crippen MR) is 78.0 cm³/mol. The van der Waals surface area contributed by atoms with E-state index in [2.05, 4.69) is 54.6 Å². The molecule has 0 amide bonds. The summed E-state index contributed by atoms with van der Waals surface area (Å²) >= 11 is 0. The van der Waals surface area contributed by atoms with E-state index in [1.165, 1.54) is 12.5 Å². The third-order valence-corrected chi connectivity index (χ3v) is 24.6. The second-order valence-corrected chi connectivity index (χ2v) is 21.7. The SMILES string of the molecule is CC(C)[Si]1(C(C)C)CCC(C)(C)O[Si]1(C)C. The summed E-state index contributed by atoms with van der Waals surface area (Å²) in [5.41, 5.74) is 1.87. The summed E-state index contributed by atoms with van der Waals surface area (Å²) in [6, 6.07) is 1.48. The first-order chi connectivity index (χ1) is 7.05. The zero-order chi connectivity index (χ0) is 12.8. The second kappa shape index (κ2) is 4.25. The van der Waals surface area contributed by atoms with Crippen LogP contribution in [-0.4, -0.2) is 21.0 Å². The fourth-order valence-corrected chi connectivity index (χ4v) is 24.8. The fraction of sp³-hybridized carbons (Fsp3) is 1.00. The van der Waals surface area contributed by atoms with Gasteiger partial charge in [0.2, 0.25) is 0 Å². The van der Waals surface area contributed by atoms with E-state index < -0.39 is 15.4 Å². The predicted octanol–water partition coefficient (Wildman–Crippen LogP) is 4.74. The van der Waals surface area contributed by atoms with E-state index in [9.17, 15) is 0 Å². The molecule has 1 fully saturated rings. The first-order valence-corrected chi connectivity index (χ1v) is 13.0. The Morgan fingerprint density at radius 3 is 1.75 bits per heavy atom. The van der Waals surface area contributed by atoms with Gasteiger partial charge < -0.3 is 4.43 Å². The van der Waals surface area contributed by atoms with Crippen molar-refractivity contribution in [2.45, 2.75) is 83.8 Å². The minimum atomic E-state index is -1.49. The Hall–Kier alpha value is 0.394. The van der Waals surface area contributed by atoms with Crippen molar-refractivity contribution in [3.05, 3.63) is 0 Å². The van der Waals surface area contributed by atoms with Crippen LogP contribution in [0.25, 0.3) is 0 Å². The molecule has 0 N–H and O–H groups in total. The van der Waals surface area contributed by atoms with Gasteiger partial charge in [-0.2, -0.15) is 0 Å². The standard InChI is InChI=1S/C13H30OSi2/c1-11(2)16(12(3)4)10-9-13(5,6)14-15(16,7)8/h11-12H,9-10H2,1-8H3. The molecule has 3 heteroatoms. The Morgan fingerprint density at radius 2 is 1.44 bits per heavy atom. The molecule has 1 heterocycles. The van der Waals surface area contributed by atoms with Crippen molar-refractivity contribution >= 4 is 15.4 Å². The molecule has 0 aliphatic carbocycles. The van der Waals surface area contributed by atoms with E-state index in [4.69, 9.17) is 4.43 Å². The summed E-state index contributed by atoms with van der Waals surface area (Å²) in [5, 5.41) is 0. The summed E-state index contributed by atoms with van der Waals surface area (Å²) in [6.07, 6.45) is 1.27. The maximum Gasteiger partial charge on any atom is 0.175 e. The first kappa shape index (κ1) is 14.5. The van der Waals surface area contributed by atoms with Crippen molar-refractivity contribution in [1.29, 1.82) is 0 Å². The molecule has 16 heavy (non-hydrogen) atoms. The molecule has 1 saturated heterocycles. The highest BCUT2D eigenvalue weighted by Gasteiger charge is 2.58. The quantitative estimate of drug-likeness (QED) is 0.650. The van der Waals surface area contributed by atoms with Crippen LogP contribution >= 0.6 is 0 Å². The van der Waals surface area contributed by atoms with Crippen molar-refractivity contribution in [3.8, 4) is 0 Å². The van der Waals surface area contributed by atoms with Crippen molar-refractivity contribution in [2.75, 3.05) is 0 Å². The lowest BCUT2D eigenvalue weighted by molar-refractivity contribution is 0.0921. The molecule has 0 bridgehead atoms. The summed E-state index contributed by atoms with van der Waals surface area (Å²) in [5.74, 6) is 0. The van der Waals surface area contributed by atoms with E-state index in [1.54, 1.807) is 0 Å². The smallest absolute Gasteiger partial charge is 0.175 e. The maximum absolute atomic E-state index is 6.60. The van der Waals surface area contributed by atoms with Gasteiger partial charge in [0.05, 0.1) is 13.2 Å². The van der Waals surface area contributed by atoms with Gasteiger partial charge in [0, 0.05) is 0 Å². The van der Waals surface area contributed by atoms with E-state index >= 15 is 0 Å². The fourth-order valence-electron chi connectivity index (χ4n) is 4.28. The number of hydrogen-bond donors (Lipinski definition) is 0.